The molecule has 0 aliphatic carbocycles. The van der Waals surface area contributed by atoms with Gasteiger partial charge in [0.15, 0.2) is 0 Å². The third-order valence-corrected chi connectivity index (χ3v) is 3.93. The van der Waals surface area contributed by atoms with Gasteiger partial charge in [0.05, 0.1) is 0 Å². The Hall–Kier alpha value is -0.570. The largest absolute Gasteiger partial charge is 0.324 e. The Morgan fingerprint density at radius 1 is 1.26 bits per heavy atom. The lowest BCUT2D eigenvalue weighted by Crippen LogP contribution is -2.45. The minimum atomic E-state index is -0.0987. The second-order valence-corrected chi connectivity index (χ2v) is 6.88. The monoisotopic (exact) mass is 282 g/mol. The number of nitrogens with two attached hydrogens (primary N) is 1. The molecule has 1 aromatic carbocycles. The first-order valence-electron chi connectivity index (χ1n) is 6.87. The Morgan fingerprint density at radius 3 is 2.37 bits per heavy atom. The summed E-state index contributed by atoms with van der Waals surface area (Å²) >= 11 is 0. The smallest absolute Gasteiger partial charge is 0.0226 e. The highest BCUT2D eigenvalue weighted by molar-refractivity contribution is 5.85. The van der Waals surface area contributed by atoms with Gasteiger partial charge in [-0.1, -0.05) is 36.8 Å². The fourth-order valence-electron chi connectivity index (χ4n) is 2.96. The lowest BCUT2D eigenvalue weighted by atomic mass is 9.81. The number of hydrogen-bond donors (Lipinski definition) is 1. The molecule has 1 atom stereocenters. The maximum absolute atomic E-state index is 6.12. The van der Waals surface area contributed by atoms with Gasteiger partial charge in [-0.3, -0.25) is 0 Å². The second-order valence-electron chi connectivity index (χ2n) is 6.88. The van der Waals surface area contributed by atoms with Gasteiger partial charge < -0.3 is 10.6 Å². The van der Waals surface area contributed by atoms with E-state index in [-0.39, 0.29) is 17.9 Å². The van der Waals surface area contributed by atoms with Crippen LogP contribution in [0.5, 0.6) is 0 Å². The first-order chi connectivity index (χ1) is 8.28. The number of halogens is 1. The number of likely N-dealkylation sites (tertiary alicyclic amines) is 1. The molecule has 1 unspecified atom stereocenters. The molecule has 2 rings (SSSR count). The molecule has 0 aromatic heterocycles. The maximum Gasteiger partial charge on any atom is 0.0226 e. The van der Waals surface area contributed by atoms with Crippen LogP contribution in [0, 0.1) is 6.92 Å². The summed E-state index contributed by atoms with van der Waals surface area (Å²) in [6.07, 6.45) is 1.23. The van der Waals surface area contributed by atoms with Gasteiger partial charge in [0.25, 0.3) is 0 Å². The Bertz CT molecular complexity index is 408. The van der Waals surface area contributed by atoms with E-state index in [0.717, 1.165) is 19.6 Å². The lowest BCUT2D eigenvalue weighted by Gasteiger charge is -2.29. The summed E-state index contributed by atoms with van der Waals surface area (Å²) in [4.78, 5) is 2.50. The van der Waals surface area contributed by atoms with Crippen molar-refractivity contribution in [1.29, 1.82) is 0 Å². The van der Waals surface area contributed by atoms with Gasteiger partial charge in [0.2, 0.25) is 0 Å². The number of benzene rings is 1. The third-order valence-electron chi connectivity index (χ3n) is 3.93. The average molecular weight is 283 g/mol. The van der Waals surface area contributed by atoms with Crippen molar-refractivity contribution in [2.45, 2.75) is 45.1 Å². The van der Waals surface area contributed by atoms with E-state index < -0.39 is 0 Å². The molecule has 0 spiro atoms. The standard InChI is InChI=1S/C16H26N2.ClH/c1-13-5-7-14(8-6-13)16(4)9-10-18(12-16)11-15(2,3)17;/h5-8H,9-12,17H2,1-4H3;1H. The van der Waals surface area contributed by atoms with Gasteiger partial charge in [-0.05, 0) is 39.3 Å². The highest BCUT2D eigenvalue weighted by atomic mass is 35.5. The molecule has 1 aliphatic rings. The first kappa shape index (κ1) is 16.5. The molecular weight excluding hydrogens is 256 g/mol. The van der Waals surface area contributed by atoms with Crippen molar-refractivity contribution in [2.24, 2.45) is 5.73 Å². The number of aryl methyl sites for hydroxylation is 1. The van der Waals surface area contributed by atoms with E-state index in [1.165, 1.54) is 17.5 Å². The van der Waals surface area contributed by atoms with Gasteiger partial charge in [-0.2, -0.15) is 0 Å². The number of rotatable bonds is 3. The molecule has 1 fully saturated rings. The van der Waals surface area contributed by atoms with Crippen molar-refractivity contribution in [3.05, 3.63) is 35.4 Å². The normalized spacial score (nSPS) is 24.3. The summed E-state index contributed by atoms with van der Waals surface area (Å²) in [5.41, 5.74) is 9.11. The topological polar surface area (TPSA) is 29.3 Å². The summed E-state index contributed by atoms with van der Waals surface area (Å²) in [6, 6.07) is 9.01. The van der Waals surface area contributed by atoms with Crippen LogP contribution in [0.3, 0.4) is 0 Å². The molecule has 0 radical (unpaired) electrons. The Kier molecular flexibility index (Phi) is 5.05. The molecule has 1 aromatic rings. The van der Waals surface area contributed by atoms with Crippen LogP contribution in [0.2, 0.25) is 0 Å². The molecule has 0 amide bonds. The molecule has 0 saturated carbocycles. The van der Waals surface area contributed by atoms with Gasteiger partial charge in [-0.15, -0.1) is 12.4 Å². The van der Waals surface area contributed by atoms with E-state index in [2.05, 4.69) is 56.9 Å². The molecule has 1 aliphatic heterocycles. The van der Waals surface area contributed by atoms with Crippen LogP contribution in [0.15, 0.2) is 24.3 Å². The maximum atomic E-state index is 6.12. The SMILES string of the molecule is Cc1ccc(C2(C)CCN(CC(C)(C)N)C2)cc1.Cl. The fraction of sp³-hybridized carbons (Fsp3) is 0.625. The highest BCUT2D eigenvalue weighted by Gasteiger charge is 2.36. The molecule has 0 bridgehead atoms. The molecule has 108 valence electrons. The van der Waals surface area contributed by atoms with E-state index in [4.69, 9.17) is 5.73 Å². The van der Waals surface area contributed by atoms with E-state index in [0.29, 0.717) is 5.41 Å². The molecule has 3 heteroatoms. The number of hydrogen-bond acceptors (Lipinski definition) is 2. The Morgan fingerprint density at radius 2 is 1.84 bits per heavy atom. The van der Waals surface area contributed by atoms with Crippen LogP contribution in [-0.4, -0.2) is 30.1 Å². The summed E-state index contributed by atoms with van der Waals surface area (Å²) in [5.74, 6) is 0. The second kappa shape index (κ2) is 5.82. The third kappa shape index (κ3) is 4.20. The van der Waals surface area contributed by atoms with Crippen molar-refractivity contribution in [3.8, 4) is 0 Å². The van der Waals surface area contributed by atoms with Crippen molar-refractivity contribution in [1.82, 2.24) is 4.90 Å². The molecule has 1 saturated heterocycles. The van der Waals surface area contributed by atoms with Crippen LogP contribution in [0.1, 0.15) is 38.3 Å². The van der Waals surface area contributed by atoms with E-state index in [1.54, 1.807) is 0 Å². The molecule has 1 heterocycles. The lowest BCUT2D eigenvalue weighted by molar-refractivity contribution is 0.258. The zero-order valence-electron chi connectivity index (χ0n) is 12.6. The Balaban J connectivity index is 0.00000180. The van der Waals surface area contributed by atoms with Gasteiger partial charge in [0.1, 0.15) is 0 Å². The highest BCUT2D eigenvalue weighted by Crippen LogP contribution is 2.34. The van der Waals surface area contributed by atoms with Gasteiger partial charge in [0, 0.05) is 24.0 Å². The zero-order chi connectivity index (χ0) is 13.4. The Labute approximate surface area is 123 Å². The van der Waals surface area contributed by atoms with Crippen molar-refractivity contribution < 1.29 is 0 Å². The summed E-state index contributed by atoms with van der Waals surface area (Å²) in [6.45, 7) is 12.0. The predicted octanol–water partition coefficient (Wildman–Crippen LogP) is 3.12. The summed E-state index contributed by atoms with van der Waals surface area (Å²) < 4.78 is 0. The molecule has 2 N–H and O–H groups in total. The van der Waals surface area contributed by atoms with Crippen LogP contribution in [0.25, 0.3) is 0 Å². The fourth-order valence-corrected chi connectivity index (χ4v) is 2.96. The minimum Gasteiger partial charge on any atom is -0.324 e. The van der Waals surface area contributed by atoms with Crippen LogP contribution < -0.4 is 5.73 Å². The summed E-state index contributed by atoms with van der Waals surface area (Å²) in [7, 11) is 0. The molecule has 19 heavy (non-hydrogen) atoms. The van der Waals surface area contributed by atoms with Crippen molar-refractivity contribution in [3.63, 3.8) is 0 Å². The van der Waals surface area contributed by atoms with E-state index >= 15 is 0 Å². The van der Waals surface area contributed by atoms with Crippen molar-refractivity contribution >= 4 is 12.4 Å². The van der Waals surface area contributed by atoms with Crippen LogP contribution in [-0.2, 0) is 5.41 Å². The van der Waals surface area contributed by atoms with Crippen LogP contribution in [0.4, 0.5) is 0 Å². The van der Waals surface area contributed by atoms with Gasteiger partial charge in [-0.25, -0.2) is 0 Å². The molecular formula is C16H27ClN2. The van der Waals surface area contributed by atoms with E-state index in [1.807, 2.05) is 0 Å². The zero-order valence-corrected chi connectivity index (χ0v) is 13.4. The quantitative estimate of drug-likeness (QED) is 0.923. The average Bonchev–Trinajstić information content (AvgIpc) is 2.59. The summed E-state index contributed by atoms with van der Waals surface area (Å²) in [5, 5.41) is 0. The minimum absolute atomic E-state index is 0. The van der Waals surface area contributed by atoms with Crippen LogP contribution >= 0.6 is 12.4 Å². The van der Waals surface area contributed by atoms with Gasteiger partial charge >= 0.3 is 0 Å². The molecule has 2 nitrogen and oxygen atoms in total. The first-order valence-corrected chi connectivity index (χ1v) is 6.87. The van der Waals surface area contributed by atoms with E-state index in [9.17, 15) is 0 Å². The predicted molar refractivity (Wildman–Crippen MR) is 85.1 cm³/mol. The number of nitrogens with zero attached hydrogens (tertiary/aromatic N) is 1. The van der Waals surface area contributed by atoms with Crippen molar-refractivity contribution in [2.75, 3.05) is 19.6 Å².